The molecule has 36 heavy (non-hydrogen) atoms. The van der Waals surface area contributed by atoms with Gasteiger partial charge in [-0.25, -0.2) is 0 Å². The van der Waals surface area contributed by atoms with Crippen LogP contribution in [0.4, 0.5) is 0 Å². The van der Waals surface area contributed by atoms with E-state index in [0.29, 0.717) is 12.8 Å². The van der Waals surface area contributed by atoms with Gasteiger partial charge in [0.25, 0.3) is 0 Å². The van der Waals surface area contributed by atoms with Crippen LogP contribution in [0, 0.1) is 5.92 Å². The van der Waals surface area contributed by atoms with E-state index in [9.17, 15) is 9.90 Å². The van der Waals surface area contributed by atoms with E-state index in [1.54, 1.807) is 0 Å². The van der Waals surface area contributed by atoms with Gasteiger partial charge in [-0.05, 0) is 109 Å². The molecule has 3 heteroatoms. The molecule has 0 aliphatic heterocycles. The third-order valence-electron chi connectivity index (χ3n) is 6.37. The van der Waals surface area contributed by atoms with Crippen molar-refractivity contribution in [2.75, 3.05) is 0 Å². The Bertz CT molecular complexity index is 1010. The number of rotatable bonds is 16. The van der Waals surface area contributed by atoms with Gasteiger partial charge in [-0.1, -0.05) is 71.7 Å². The topological polar surface area (TPSA) is 46.5 Å². The quantitative estimate of drug-likeness (QED) is 0.189. The molecule has 0 fully saturated rings. The van der Waals surface area contributed by atoms with E-state index < -0.39 is 5.97 Å². The number of allylic oxidation sites excluding steroid dienone is 6. The van der Waals surface area contributed by atoms with Crippen molar-refractivity contribution in [1.82, 2.24) is 0 Å². The highest BCUT2D eigenvalue weighted by Crippen LogP contribution is 2.23. The summed E-state index contributed by atoms with van der Waals surface area (Å²) >= 11 is 0. The highest BCUT2D eigenvalue weighted by Gasteiger charge is 2.15. The standard InChI is InChI=1S/C33H44O3/c1-26(2)13-10-14-27(3)15-11-16-28(4)23-24-30(33(34)35)19-9-8-17-29-18-12-22-32(25-29)36-31-20-6-5-7-21-31/h5-7,12-13,15,18,20-23,25,30H,8-11,14,16-17,19,24H2,1-4H3,(H,34,35)/b27-15+,28-23+. The van der Waals surface area contributed by atoms with Crippen molar-refractivity contribution in [3.05, 3.63) is 95.1 Å². The molecule has 1 atom stereocenters. The molecule has 0 amide bonds. The molecule has 0 aliphatic carbocycles. The summed E-state index contributed by atoms with van der Waals surface area (Å²) in [5.41, 5.74) is 5.30. The van der Waals surface area contributed by atoms with Crippen LogP contribution in [0.2, 0.25) is 0 Å². The Morgan fingerprint density at radius 3 is 2.19 bits per heavy atom. The van der Waals surface area contributed by atoms with Crippen molar-refractivity contribution in [1.29, 1.82) is 0 Å². The fourth-order valence-corrected chi connectivity index (χ4v) is 4.13. The molecule has 3 nitrogen and oxygen atoms in total. The number of para-hydroxylation sites is 1. The van der Waals surface area contributed by atoms with E-state index in [-0.39, 0.29) is 5.92 Å². The van der Waals surface area contributed by atoms with E-state index in [1.807, 2.05) is 42.5 Å². The highest BCUT2D eigenvalue weighted by atomic mass is 16.5. The summed E-state index contributed by atoms with van der Waals surface area (Å²) in [6.07, 6.45) is 15.1. The van der Waals surface area contributed by atoms with E-state index in [4.69, 9.17) is 4.74 Å². The predicted octanol–water partition coefficient (Wildman–Crippen LogP) is 9.70. The van der Waals surface area contributed by atoms with Crippen molar-refractivity contribution in [2.45, 2.75) is 85.5 Å². The molecule has 2 aromatic carbocycles. The number of aryl methyl sites for hydroxylation is 1. The summed E-state index contributed by atoms with van der Waals surface area (Å²) in [4.78, 5) is 11.8. The lowest BCUT2D eigenvalue weighted by molar-refractivity contribution is -0.141. The number of aliphatic carboxylic acids is 1. The molecule has 2 aromatic rings. The molecule has 0 aliphatic rings. The molecule has 194 valence electrons. The van der Waals surface area contributed by atoms with Gasteiger partial charge in [-0.3, -0.25) is 4.79 Å². The zero-order valence-corrected chi connectivity index (χ0v) is 22.6. The van der Waals surface area contributed by atoms with Gasteiger partial charge in [0.05, 0.1) is 5.92 Å². The van der Waals surface area contributed by atoms with Gasteiger partial charge in [0.2, 0.25) is 0 Å². The van der Waals surface area contributed by atoms with Gasteiger partial charge in [-0.2, -0.15) is 0 Å². The third kappa shape index (κ3) is 12.6. The number of carboxylic acid groups (broad SMARTS) is 1. The van der Waals surface area contributed by atoms with Crippen LogP contribution >= 0.6 is 0 Å². The minimum Gasteiger partial charge on any atom is -0.481 e. The molecular weight excluding hydrogens is 444 g/mol. The predicted molar refractivity (Wildman–Crippen MR) is 152 cm³/mol. The first-order valence-corrected chi connectivity index (χ1v) is 13.3. The average molecular weight is 489 g/mol. The monoisotopic (exact) mass is 488 g/mol. The number of hydrogen-bond donors (Lipinski definition) is 1. The van der Waals surface area contributed by atoms with Crippen molar-refractivity contribution >= 4 is 5.97 Å². The molecule has 0 heterocycles. The minimum absolute atomic E-state index is 0.311. The Kier molecular flexibility index (Phi) is 13.4. The van der Waals surface area contributed by atoms with E-state index in [0.717, 1.165) is 56.4 Å². The van der Waals surface area contributed by atoms with Gasteiger partial charge in [-0.15, -0.1) is 0 Å². The van der Waals surface area contributed by atoms with Crippen molar-refractivity contribution < 1.29 is 14.6 Å². The normalized spacial score (nSPS) is 12.8. The number of ether oxygens (including phenoxy) is 1. The van der Waals surface area contributed by atoms with Gasteiger partial charge in [0.1, 0.15) is 11.5 Å². The second-order valence-corrected chi connectivity index (χ2v) is 10.0. The largest absolute Gasteiger partial charge is 0.481 e. The van der Waals surface area contributed by atoms with E-state index in [1.165, 1.54) is 22.3 Å². The Hall–Kier alpha value is -3.07. The first-order chi connectivity index (χ1) is 17.3. The molecule has 1 N–H and O–H groups in total. The van der Waals surface area contributed by atoms with Crippen molar-refractivity contribution in [2.24, 2.45) is 5.92 Å². The zero-order valence-electron chi connectivity index (χ0n) is 22.6. The minimum atomic E-state index is -0.688. The molecule has 0 radical (unpaired) electrons. The van der Waals surface area contributed by atoms with Crippen LogP contribution in [0.5, 0.6) is 11.5 Å². The fourth-order valence-electron chi connectivity index (χ4n) is 4.13. The van der Waals surface area contributed by atoms with Crippen molar-refractivity contribution in [3.8, 4) is 11.5 Å². The van der Waals surface area contributed by atoms with E-state index >= 15 is 0 Å². The third-order valence-corrected chi connectivity index (χ3v) is 6.37. The van der Waals surface area contributed by atoms with Crippen LogP contribution in [0.25, 0.3) is 0 Å². The van der Waals surface area contributed by atoms with E-state index in [2.05, 4.69) is 58.1 Å². The van der Waals surface area contributed by atoms with Crippen LogP contribution < -0.4 is 4.74 Å². The molecule has 0 bridgehead atoms. The lowest BCUT2D eigenvalue weighted by Crippen LogP contribution is -2.13. The molecule has 0 saturated carbocycles. The Morgan fingerprint density at radius 2 is 1.50 bits per heavy atom. The molecule has 2 rings (SSSR count). The van der Waals surface area contributed by atoms with Crippen LogP contribution in [0.15, 0.2) is 89.5 Å². The van der Waals surface area contributed by atoms with Gasteiger partial charge in [0.15, 0.2) is 0 Å². The fraction of sp³-hybridized carbons (Fsp3) is 0.424. The lowest BCUT2D eigenvalue weighted by atomic mass is 9.95. The Balaban J connectivity index is 1.72. The number of carboxylic acids is 1. The number of unbranched alkanes of at least 4 members (excludes halogenated alkanes) is 1. The van der Waals surface area contributed by atoms with Crippen LogP contribution in [0.1, 0.15) is 84.6 Å². The second-order valence-electron chi connectivity index (χ2n) is 10.0. The van der Waals surface area contributed by atoms with Crippen molar-refractivity contribution in [3.63, 3.8) is 0 Å². The maximum Gasteiger partial charge on any atom is 0.306 e. The lowest BCUT2D eigenvalue weighted by Gasteiger charge is -2.11. The molecule has 0 aromatic heterocycles. The van der Waals surface area contributed by atoms with Crippen LogP contribution in [-0.4, -0.2) is 11.1 Å². The van der Waals surface area contributed by atoms with Crippen LogP contribution in [-0.2, 0) is 11.2 Å². The molecule has 1 unspecified atom stereocenters. The number of carbonyl (C=O) groups is 1. The summed E-state index contributed by atoms with van der Waals surface area (Å²) in [5, 5.41) is 9.69. The first kappa shape index (κ1) is 29.2. The zero-order chi connectivity index (χ0) is 26.2. The Morgan fingerprint density at radius 1 is 0.833 bits per heavy atom. The number of hydrogen-bond acceptors (Lipinski definition) is 2. The van der Waals surface area contributed by atoms with Gasteiger partial charge in [0, 0.05) is 0 Å². The average Bonchev–Trinajstić information content (AvgIpc) is 2.84. The SMILES string of the molecule is CC(C)=CCC/C(C)=C/CC/C(C)=C/CC(CCCCc1cccc(Oc2ccccc2)c1)C(=O)O. The molecule has 0 saturated heterocycles. The Labute approximate surface area is 218 Å². The smallest absolute Gasteiger partial charge is 0.306 e. The van der Waals surface area contributed by atoms with Gasteiger partial charge < -0.3 is 9.84 Å². The molecule has 0 spiro atoms. The molecular formula is C33H44O3. The highest BCUT2D eigenvalue weighted by molar-refractivity contribution is 5.70. The van der Waals surface area contributed by atoms with Crippen LogP contribution in [0.3, 0.4) is 0 Å². The maximum absolute atomic E-state index is 11.8. The van der Waals surface area contributed by atoms with Gasteiger partial charge >= 0.3 is 5.97 Å². The number of benzene rings is 2. The summed E-state index contributed by atoms with van der Waals surface area (Å²) in [5.74, 6) is 0.662. The summed E-state index contributed by atoms with van der Waals surface area (Å²) in [6.45, 7) is 8.60. The summed E-state index contributed by atoms with van der Waals surface area (Å²) in [7, 11) is 0. The summed E-state index contributed by atoms with van der Waals surface area (Å²) in [6, 6.07) is 17.9. The second kappa shape index (κ2) is 16.6. The first-order valence-electron chi connectivity index (χ1n) is 13.3. The maximum atomic E-state index is 11.8. The summed E-state index contributed by atoms with van der Waals surface area (Å²) < 4.78 is 5.93.